The minimum atomic E-state index is -0.536. The first-order valence-corrected chi connectivity index (χ1v) is 11.4. The fourth-order valence-corrected chi connectivity index (χ4v) is 3.72. The van der Waals surface area contributed by atoms with Crippen LogP contribution in [0.4, 0.5) is 27.5 Å². The molecule has 0 radical (unpaired) electrons. The van der Waals surface area contributed by atoms with Crippen LogP contribution in [0.5, 0.6) is 0 Å². The molecule has 9 heteroatoms. The highest BCUT2D eigenvalue weighted by atomic mass is 19.1. The molecule has 0 fully saturated rings. The maximum atomic E-state index is 14.6. The highest BCUT2D eigenvalue weighted by Gasteiger charge is 2.20. The number of carbonyl (C=O) groups is 1. The van der Waals surface area contributed by atoms with E-state index in [-0.39, 0.29) is 28.4 Å². The fraction of sp³-hybridized carbons (Fsp3) is 0.360. The van der Waals surface area contributed by atoms with Gasteiger partial charge in [0.1, 0.15) is 11.4 Å². The van der Waals surface area contributed by atoms with Crippen molar-refractivity contribution in [3.8, 4) is 0 Å². The third-order valence-corrected chi connectivity index (χ3v) is 5.60. The van der Waals surface area contributed by atoms with Crippen molar-refractivity contribution in [1.82, 2.24) is 25.6 Å². The first-order chi connectivity index (χ1) is 16.2. The molecule has 34 heavy (non-hydrogen) atoms. The molecule has 1 amide bonds. The number of pyridine rings is 1. The molecule has 0 saturated heterocycles. The molecule has 1 aliphatic rings. The molecule has 178 valence electrons. The van der Waals surface area contributed by atoms with Gasteiger partial charge in [-0.2, -0.15) is 4.98 Å². The second-order valence-corrected chi connectivity index (χ2v) is 9.28. The van der Waals surface area contributed by atoms with Crippen molar-refractivity contribution < 1.29 is 9.18 Å². The zero-order valence-electron chi connectivity index (χ0n) is 19.9. The van der Waals surface area contributed by atoms with Crippen molar-refractivity contribution in [2.24, 2.45) is 0 Å². The van der Waals surface area contributed by atoms with E-state index in [1.54, 1.807) is 6.07 Å². The van der Waals surface area contributed by atoms with Gasteiger partial charge in [-0.1, -0.05) is 26.8 Å². The van der Waals surface area contributed by atoms with Crippen LogP contribution >= 0.6 is 0 Å². The molecule has 1 aliphatic heterocycles. The van der Waals surface area contributed by atoms with E-state index in [0.717, 1.165) is 25.2 Å². The summed E-state index contributed by atoms with van der Waals surface area (Å²) in [4.78, 5) is 25.7. The maximum Gasteiger partial charge on any atom is 0.256 e. The van der Waals surface area contributed by atoms with E-state index in [0.29, 0.717) is 18.2 Å². The molecule has 0 spiro atoms. The summed E-state index contributed by atoms with van der Waals surface area (Å²) < 4.78 is 14.6. The lowest BCUT2D eigenvalue weighted by Gasteiger charge is -2.20. The Morgan fingerprint density at radius 1 is 1.12 bits per heavy atom. The Morgan fingerprint density at radius 2 is 1.94 bits per heavy atom. The molecular weight excluding hydrogens is 433 g/mol. The predicted octanol–water partition coefficient (Wildman–Crippen LogP) is 4.19. The van der Waals surface area contributed by atoms with Crippen LogP contribution in [0.1, 0.15) is 54.9 Å². The van der Waals surface area contributed by atoms with Crippen LogP contribution in [0.25, 0.3) is 0 Å². The predicted molar refractivity (Wildman–Crippen MR) is 131 cm³/mol. The van der Waals surface area contributed by atoms with E-state index >= 15 is 0 Å². The number of nitrogens with one attached hydrogen (secondary N) is 4. The minimum Gasteiger partial charge on any atom is -0.352 e. The Morgan fingerprint density at radius 3 is 2.71 bits per heavy atom. The van der Waals surface area contributed by atoms with Crippen molar-refractivity contribution in [2.45, 2.75) is 46.1 Å². The van der Waals surface area contributed by atoms with Gasteiger partial charge >= 0.3 is 0 Å². The summed E-state index contributed by atoms with van der Waals surface area (Å²) >= 11 is 0. The number of halogens is 1. The lowest BCUT2D eigenvalue weighted by atomic mass is 9.91. The Hall–Kier alpha value is -3.59. The molecular formula is C25H30FN7O. The normalized spacial score (nSPS) is 13.2. The molecule has 4 rings (SSSR count). The van der Waals surface area contributed by atoms with Gasteiger partial charge in [0, 0.05) is 36.1 Å². The molecule has 1 aromatic carbocycles. The lowest BCUT2D eigenvalue weighted by Crippen LogP contribution is -2.24. The highest BCUT2D eigenvalue weighted by Crippen LogP contribution is 2.28. The van der Waals surface area contributed by atoms with Crippen LogP contribution in [0.3, 0.4) is 0 Å². The number of rotatable bonds is 6. The van der Waals surface area contributed by atoms with Gasteiger partial charge in [-0.25, -0.2) is 9.37 Å². The van der Waals surface area contributed by atoms with E-state index in [1.165, 1.54) is 23.5 Å². The van der Waals surface area contributed by atoms with Crippen LogP contribution in [0.15, 0.2) is 36.7 Å². The number of fused-ring (bicyclic) bond motifs is 1. The van der Waals surface area contributed by atoms with Gasteiger partial charge in [0.05, 0.1) is 11.9 Å². The summed E-state index contributed by atoms with van der Waals surface area (Å²) in [5, 5.41) is 12.3. The zero-order chi connectivity index (χ0) is 24.3. The van der Waals surface area contributed by atoms with Crippen molar-refractivity contribution in [3.05, 3.63) is 64.9 Å². The molecule has 0 aliphatic carbocycles. The van der Waals surface area contributed by atoms with Gasteiger partial charge < -0.3 is 21.3 Å². The molecule has 4 N–H and O–H groups in total. The van der Waals surface area contributed by atoms with Gasteiger partial charge in [0.2, 0.25) is 5.95 Å². The standard InChI is InChI=1S/C25H30FN7O/c1-5-28-23(34)18-13-30-24(31-17-7-6-16-12-27-9-8-15(16)10-17)33-22(18)32-20-11-21(25(2,3)4)29-14-19(20)26/h6-7,10-11,13-14,27H,5,8-9,12H2,1-4H3,(H,28,34)(H2,29,30,31,32,33). The summed E-state index contributed by atoms with van der Waals surface area (Å²) in [6, 6.07) is 7.77. The number of carbonyl (C=O) groups excluding carboxylic acids is 1. The molecule has 0 unspecified atom stereocenters. The van der Waals surface area contributed by atoms with Crippen LogP contribution in [0, 0.1) is 5.82 Å². The van der Waals surface area contributed by atoms with Crippen LogP contribution in [-0.4, -0.2) is 33.9 Å². The quantitative estimate of drug-likeness (QED) is 0.435. The highest BCUT2D eigenvalue weighted by molar-refractivity contribution is 5.99. The molecule has 2 aromatic heterocycles. The number of aromatic nitrogens is 3. The monoisotopic (exact) mass is 463 g/mol. The third-order valence-electron chi connectivity index (χ3n) is 5.60. The minimum absolute atomic E-state index is 0.191. The number of hydrogen-bond donors (Lipinski definition) is 4. The summed E-state index contributed by atoms with van der Waals surface area (Å²) in [6.07, 6.45) is 3.57. The second-order valence-electron chi connectivity index (χ2n) is 9.28. The summed E-state index contributed by atoms with van der Waals surface area (Å²) in [5.74, 6) is -0.375. The first-order valence-electron chi connectivity index (χ1n) is 11.4. The average Bonchev–Trinajstić information content (AvgIpc) is 2.80. The van der Waals surface area contributed by atoms with Crippen LogP contribution < -0.4 is 21.3 Å². The largest absolute Gasteiger partial charge is 0.352 e. The Kier molecular flexibility index (Phi) is 6.74. The van der Waals surface area contributed by atoms with Gasteiger partial charge in [0.25, 0.3) is 5.91 Å². The van der Waals surface area contributed by atoms with Crippen LogP contribution in [0.2, 0.25) is 0 Å². The molecule has 0 saturated carbocycles. The van der Waals surface area contributed by atoms with E-state index in [4.69, 9.17) is 0 Å². The van der Waals surface area contributed by atoms with Gasteiger partial charge in [-0.3, -0.25) is 9.78 Å². The molecule has 8 nitrogen and oxygen atoms in total. The Bertz CT molecular complexity index is 1210. The maximum absolute atomic E-state index is 14.6. The molecule has 3 heterocycles. The van der Waals surface area contributed by atoms with E-state index < -0.39 is 5.82 Å². The number of anilines is 4. The van der Waals surface area contributed by atoms with Gasteiger partial charge in [0.15, 0.2) is 5.82 Å². The number of benzene rings is 1. The Balaban J connectivity index is 1.67. The van der Waals surface area contributed by atoms with Gasteiger partial charge in [-0.15, -0.1) is 0 Å². The van der Waals surface area contributed by atoms with Crippen molar-refractivity contribution in [3.63, 3.8) is 0 Å². The zero-order valence-corrected chi connectivity index (χ0v) is 19.9. The van der Waals surface area contributed by atoms with E-state index in [1.807, 2.05) is 33.8 Å². The van der Waals surface area contributed by atoms with Gasteiger partial charge in [-0.05, 0) is 49.2 Å². The summed E-state index contributed by atoms with van der Waals surface area (Å²) in [6.45, 7) is 10.1. The van der Waals surface area contributed by atoms with E-state index in [2.05, 4.69) is 48.4 Å². The summed E-state index contributed by atoms with van der Waals surface area (Å²) in [7, 11) is 0. The number of amides is 1. The lowest BCUT2D eigenvalue weighted by molar-refractivity contribution is 0.0956. The second kappa shape index (κ2) is 9.72. The first kappa shape index (κ1) is 23.6. The average molecular weight is 464 g/mol. The van der Waals surface area contributed by atoms with Crippen molar-refractivity contribution in [2.75, 3.05) is 23.7 Å². The summed E-state index contributed by atoms with van der Waals surface area (Å²) in [5.41, 5.74) is 4.25. The third kappa shape index (κ3) is 5.31. The Labute approximate surface area is 198 Å². The van der Waals surface area contributed by atoms with Crippen molar-refractivity contribution in [1.29, 1.82) is 0 Å². The topological polar surface area (TPSA) is 104 Å². The number of nitrogens with zero attached hydrogens (tertiary/aromatic N) is 3. The molecule has 0 bridgehead atoms. The van der Waals surface area contributed by atoms with E-state index in [9.17, 15) is 9.18 Å². The van der Waals surface area contributed by atoms with Crippen LogP contribution in [-0.2, 0) is 18.4 Å². The van der Waals surface area contributed by atoms with Crippen molar-refractivity contribution >= 4 is 29.0 Å². The SMILES string of the molecule is CCNC(=O)c1cnc(Nc2ccc3c(c2)CCNC3)nc1Nc1cc(C(C)(C)C)ncc1F. The molecule has 3 aromatic rings. The molecule has 0 atom stereocenters. The smallest absolute Gasteiger partial charge is 0.256 e. The fourth-order valence-electron chi connectivity index (χ4n) is 3.72. The number of hydrogen-bond acceptors (Lipinski definition) is 7.